The molecule has 0 aliphatic heterocycles. The van der Waals surface area contributed by atoms with Crippen LogP contribution in [-0.4, -0.2) is 12.2 Å². The second-order valence-electron chi connectivity index (χ2n) is 6.73. The van der Waals surface area contributed by atoms with Crippen LogP contribution in [0.4, 0.5) is 4.39 Å². The van der Waals surface area contributed by atoms with Gasteiger partial charge in [0.15, 0.2) is 11.6 Å². The van der Waals surface area contributed by atoms with Crippen molar-refractivity contribution < 1.29 is 14.2 Å². The van der Waals surface area contributed by atoms with Crippen molar-refractivity contribution in [2.24, 2.45) is 10.8 Å². The second kappa shape index (κ2) is 5.65. The lowest BCUT2D eigenvalue weighted by molar-refractivity contribution is 0.00935. The van der Waals surface area contributed by atoms with Gasteiger partial charge in [0.05, 0.1) is 24.7 Å². The van der Waals surface area contributed by atoms with E-state index in [-0.39, 0.29) is 11.2 Å². The van der Waals surface area contributed by atoms with Crippen molar-refractivity contribution >= 4 is 0 Å². The van der Waals surface area contributed by atoms with Crippen LogP contribution in [0.1, 0.15) is 51.2 Å². The molecule has 1 saturated carbocycles. The van der Waals surface area contributed by atoms with Gasteiger partial charge in [-0.05, 0) is 48.8 Å². The van der Waals surface area contributed by atoms with E-state index < -0.39 is 17.3 Å². The Balaban J connectivity index is 2.27. The Morgan fingerprint density at radius 1 is 1.29 bits per heavy atom. The molecule has 0 saturated heterocycles. The molecule has 1 fully saturated rings. The van der Waals surface area contributed by atoms with Crippen molar-refractivity contribution in [1.29, 1.82) is 5.26 Å². The fourth-order valence-corrected chi connectivity index (χ4v) is 2.99. The summed E-state index contributed by atoms with van der Waals surface area (Å²) in [5.41, 5.74) is -0.184. The molecule has 114 valence electrons. The number of benzene rings is 1. The van der Waals surface area contributed by atoms with Crippen LogP contribution in [0.15, 0.2) is 18.2 Å². The van der Waals surface area contributed by atoms with Gasteiger partial charge in [-0.3, -0.25) is 0 Å². The number of rotatable bonds is 3. The average Bonchev–Trinajstić information content (AvgIpc) is 2.47. The molecule has 1 aromatic rings. The second-order valence-corrected chi connectivity index (χ2v) is 6.73. The molecular formula is C17H22FNO2. The zero-order valence-corrected chi connectivity index (χ0v) is 12.8. The Kier molecular flexibility index (Phi) is 4.25. The summed E-state index contributed by atoms with van der Waals surface area (Å²) < 4.78 is 18.7. The monoisotopic (exact) mass is 291 g/mol. The Morgan fingerprint density at radius 3 is 2.38 bits per heavy atom. The van der Waals surface area contributed by atoms with Crippen LogP contribution < -0.4 is 4.74 Å². The lowest BCUT2D eigenvalue weighted by Gasteiger charge is -2.42. The van der Waals surface area contributed by atoms with Crippen LogP contribution >= 0.6 is 0 Å². The van der Waals surface area contributed by atoms with Crippen molar-refractivity contribution in [2.45, 2.75) is 45.6 Å². The summed E-state index contributed by atoms with van der Waals surface area (Å²) in [7, 11) is 1.40. The first-order valence-corrected chi connectivity index (χ1v) is 7.26. The number of aliphatic hydroxyl groups excluding tert-OH is 1. The average molecular weight is 291 g/mol. The van der Waals surface area contributed by atoms with Crippen molar-refractivity contribution in [3.63, 3.8) is 0 Å². The smallest absolute Gasteiger partial charge is 0.165 e. The maximum absolute atomic E-state index is 13.8. The number of halogens is 1. The van der Waals surface area contributed by atoms with E-state index in [4.69, 9.17) is 4.74 Å². The van der Waals surface area contributed by atoms with Crippen LogP contribution in [0.3, 0.4) is 0 Å². The molecule has 21 heavy (non-hydrogen) atoms. The third-order valence-electron chi connectivity index (χ3n) is 4.73. The molecule has 1 unspecified atom stereocenters. The molecular weight excluding hydrogens is 269 g/mol. The lowest BCUT2D eigenvalue weighted by Crippen LogP contribution is -2.35. The summed E-state index contributed by atoms with van der Waals surface area (Å²) in [5.74, 6) is -0.375. The number of ether oxygens (including phenoxy) is 1. The zero-order chi connectivity index (χ0) is 15.7. The number of aliphatic hydroxyl groups is 1. The number of methoxy groups -OCH3 is 1. The number of hydrogen-bond donors (Lipinski definition) is 1. The fourth-order valence-electron chi connectivity index (χ4n) is 2.99. The molecule has 0 amide bonds. The van der Waals surface area contributed by atoms with E-state index in [9.17, 15) is 14.8 Å². The number of hydrogen-bond acceptors (Lipinski definition) is 3. The normalized spacial score (nSPS) is 21.3. The van der Waals surface area contributed by atoms with Gasteiger partial charge in [-0.25, -0.2) is 4.39 Å². The van der Waals surface area contributed by atoms with Crippen LogP contribution in [-0.2, 0) is 0 Å². The first kappa shape index (κ1) is 15.8. The molecule has 0 bridgehead atoms. The molecule has 0 spiro atoms. The summed E-state index contributed by atoms with van der Waals surface area (Å²) in [4.78, 5) is 0. The topological polar surface area (TPSA) is 53.2 Å². The summed E-state index contributed by atoms with van der Waals surface area (Å²) in [6.45, 7) is 4.35. The van der Waals surface area contributed by atoms with Gasteiger partial charge in [0.1, 0.15) is 0 Å². The van der Waals surface area contributed by atoms with E-state index in [0.717, 1.165) is 12.8 Å². The van der Waals surface area contributed by atoms with E-state index in [1.807, 2.05) is 0 Å². The minimum absolute atomic E-state index is 0.140. The van der Waals surface area contributed by atoms with Crippen molar-refractivity contribution in [2.75, 3.05) is 7.11 Å². The minimum atomic E-state index is -0.973. The van der Waals surface area contributed by atoms with E-state index in [0.29, 0.717) is 18.4 Å². The highest BCUT2D eigenvalue weighted by Crippen LogP contribution is 2.51. The van der Waals surface area contributed by atoms with Gasteiger partial charge in [0.2, 0.25) is 0 Å². The Hall–Kier alpha value is -1.60. The Bertz CT molecular complexity index is 552. The Labute approximate surface area is 125 Å². The molecule has 0 aromatic heterocycles. The summed E-state index contributed by atoms with van der Waals surface area (Å²) >= 11 is 0. The van der Waals surface area contributed by atoms with Gasteiger partial charge in [0, 0.05) is 0 Å². The maximum Gasteiger partial charge on any atom is 0.165 e. The number of nitrogens with zero attached hydrogens (tertiary/aromatic N) is 1. The third-order valence-corrected chi connectivity index (χ3v) is 4.73. The zero-order valence-electron chi connectivity index (χ0n) is 12.8. The minimum Gasteiger partial charge on any atom is -0.494 e. The molecule has 0 radical (unpaired) electrons. The summed E-state index contributed by atoms with van der Waals surface area (Å²) in [6.07, 6.45) is 2.06. The van der Waals surface area contributed by atoms with Crippen LogP contribution in [0.25, 0.3) is 0 Å². The molecule has 3 nitrogen and oxygen atoms in total. The molecule has 2 rings (SSSR count). The largest absolute Gasteiger partial charge is 0.494 e. The van der Waals surface area contributed by atoms with Gasteiger partial charge < -0.3 is 9.84 Å². The highest BCUT2D eigenvalue weighted by atomic mass is 19.1. The predicted octanol–water partition coefficient (Wildman–Crippen LogP) is 3.98. The van der Waals surface area contributed by atoms with Crippen molar-refractivity contribution in [3.05, 3.63) is 29.6 Å². The van der Waals surface area contributed by atoms with E-state index in [1.165, 1.54) is 19.2 Å². The third kappa shape index (κ3) is 3.03. The molecule has 1 aliphatic carbocycles. The van der Waals surface area contributed by atoms with Gasteiger partial charge in [-0.15, -0.1) is 0 Å². The van der Waals surface area contributed by atoms with Crippen molar-refractivity contribution in [3.8, 4) is 11.8 Å². The van der Waals surface area contributed by atoms with Crippen LogP contribution in [0.5, 0.6) is 5.75 Å². The number of nitriles is 1. The van der Waals surface area contributed by atoms with Crippen molar-refractivity contribution in [1.82, 2.24) is 0 Å². The molecule has 1 atom stereocenters. The van der Waals surface area contributed by atoms with E-state index in [2.05, 4.69) is 19.9 Å². The fraction of sp³-hybridized carbons (Fsp3) is 0.588. The molecule has 1 aromatic carbocycles. The van der Waals surface area contributed by atoms with Crippen LogP contribution in [0.2, 0.25) is 0 Å². The van der Waals surface area contributed by atoms with E-state index >= 15 is 0 Å². The first-order valence-electron chi connectivity index (χ1n) is 7.26. The van der Waals surface area contributed by atoms with Gasteiger partial charge >= 0.3 is 0 Å². The Morgan fingerprint density at radius 2 is 1.90 bits per heavy atom. The first-order chi connectivity index (χ1) is 9.83. The highest BCUT2D eigenvalue weighted by molar-refractivity contribution is 5.32. The molecule has 0 heterocycles. The molecule has 4 heteroatoms. The molecule has 1 aliphatic rings. The highest BCUT2D eigenvalue weighted by Gasteiger charge is 2.44. The summed E-state index contributed by atoms with van der Waals surface area (Å²) in [6, 6.07) is 6.69. The molecule has 1 N–H and O–H groups in total. The van der Waals surface area contributed by atoms with Crippen LogP contribution in [0, 0.1) is 28.0 Å². The van der Waals surface area contributed by atoms with E-state index in [1.54, 1.807) is 6.07 Å². The van der Waals surface area contributed by atoms with Gasteiger partial charge in [0.25, 0.3) is 0 Å². The van der Waals surface area contributed by atoms with Gasteiger partial charge in [-0.1, -0.05) is 19.9 Å². The summed E-state index contributed by atoms with van der Waals surface area (Å²) in [5, 5.41) is 20.2. The lowest BCUT2D eigenvalue weighted by atomic mass is 9.62. The maximum atomic E-state index is 13.8. The van der Waals surface area contributed by atoms with Gasteiger partial charge in [-0.2, -0.15) is 5.26 Å². The SMILES string of the molecule is COc1ccc(C(O)C2(C#N)CCC(C)(C)CC2)cc1F. The standard InChI is InChI=1S/C17H22FNO2/c1-16(2)6-8-17(11-19,9-7-16)15(20)12-4-5-14(21-3)13(18)10-12/h4-5,10,15,20H,6-9H2,1-3H3. The predicted molar refractivity (Wildman–Crippen MR) is 78.2 cm³/mol. The quantitative estimate of drug-likeness (QED) is 0.916.